The second-order valence-electron chi connectivity index (χ2n) is 15.7. The summed E-state index contributed by atoms with van der Waals surface area (Å²) in [6, 6.07) is 79.2. The van der Waals surface area contributed by atoms with Crippen LogP contribution in [0.25, 0.3) is 77.2 Å². The number of benzene rings is 9. The monoisotopic (exact) mass is 807 g/mol. The second-order valence-corrected chi connectivity index (χ2v) is 15.7. The molecule has 0 aliphatic heterocycles. The SMILES string of the molecule is C=N/C(=N\C(=N/Cc1ccccc1)c1ccccc1)c1ccc(-c2ccc3c(c2)c2ccccc2n3-c2ccc(-c3ccc4c5ccccc5n(-c5ccccc5)c4c3)cc2)cc1. The van der Waals surface area contributed by atoms with Crippen LogP contribution in [0.3, 0.4) is 0 Å². The van der Waals surface area contributed by atoms with E-state index in [1.54, 1.807) is 0 Å². The van der Waals surface area contributed by atoms with Crippen LogP contribution in [-0.2, 0) is 6.54 Å². The smallest absolute Gasteiger partial charge is 0.161 e. The van der Waals surface area contributed by atoms with Gasteiger partial charge < -0.3 is 9.13 Å². The molecule has 0 radical (unpaired) electrons. The Balaban J connectivity index is 0.915. The van der Waals surface area contributed by atoms with Gasteiger partial charge in [0.05, 0.1) is 28.6 Å². The van der Waals surface area contributed by atoms with Crippen LogP contribution in [0.1, 0.15) is 16.7 Å². The molecule has 0 unspecified atom stereocenters. The lowest BCUT2D eigenvalue weighted by molar-refractivity contribution is 1.06. The predicted octanol–water partition coefficient (Wildman–Crippen LogP) is 14.3. The molecular weight excluding hydrogens is 767 g/mol. The molecule has 63 heavy (non-hydrogen) atoms. The number of rotatable bonds is 8. The fourth-order valence-corrected chi connectivity index (χ4v) is 8.87. The molecule has 9 aromatic carbocycles. The van der Waals surface area contributed by atoms with E-state index in [-0.39, 0.29) is 0 Å². The zero-order valence-electron chi connectivity index (χ0n) is 34.5. The molecule has 0 bridgehead atoms. The number of hydrogen-bond donors (Lipinski definition) is 0. The molecular formula is C58H41N5. The highest BCUT2D eigenvalue weighted by Crippen LogP contribution is 2.37. The van der Waals surface area contributed by atoms with Crippen molar-refractivity contribution >= 4 is 62.0 Å². The molecule has 0 saturated carbocycles. The highest BCUT2D eigenvalue weighted by Gasteiger charge is 2.16. The molecule has 0 aliphatic rings. The van der Waals surface area contributed by atoms with Crippen molar-refractivity contribution < 1.29 is 0 Å². The predicted molar refractivity (Wildman–Crippen MR) is 265 cm³/mol. The van der Waals surface area contributed by atoms with E-state index < -0.39 is 0 Å². The Kier molecular flexibility index (Phi) is 9.68. The van der Waals surface area contributed by atoms with Crippen LogP contribution in [0.4, 0.5) is 0 Å². The van der Waals surface area contributed by atoms with E-state index in [0.717, 1.165) is 44.7 Å². The molecule has 0 amide bonds. The Morgan fingerprint density at radius 3 is 1.52 bits per heavy atom. The van der Waals surface area contributed by atoms with Crippen molar-refractivity contribution in [2.75, 3.05) is 0 Å². The molecule has 5 heteroatoms. The summed E-state index contributed by atoms with van der Waals surface area (Å²) in [5.74, 6) is 1.14. The van der Waals surface area contributed by atoms with E-state index in [9.17, 15) is 0 Å². The van der Waals surface area contributed by atoms with E-state index in [0.29, 0.717) is 18.2 Å². The van der Waals surface area contributed by atoms with Crippen molar-refractivity contribution in [1.82, 2.24) is 9.13 Å². The van der Waals surface area contributed by atoms with Gasteiger partial charge in [0.1, 0.15) is 0 Å². The summed E-state index contributed by atoms with van der Waals surface area (Å²) in [5.41, 5.74) is 14.5. The van der Waals surface area contributed by atoms with E-state index in [1.165, 1.54) is 49.2 Å². The van der Waals surface area contributed by atoms with Crippen LogP contribution >= 0.6 is 0 Å². The van der Waals surface area contributed by atoms with Gasteiger partial charge >= 0.3 is 0 Å². The number of fused-ring (bicyclic) bond motifs is 6. The Bertz CT molecular complexity index is 3510. The molecule has 11 rings (SSSR count). The summed E-state index contributed by atoms with van der Waals surface area (Å²) in [4.78, 5) is 14.2. The van der Waals surface area contributed by atoms with Crippen molar-refractivity contribution in [2.45, 2.75) is 6.54 Å². The summed E-state index contributed by atoms with van der Waals surface area (Å²) in [6.45, 7) is 4.40. The van der Waals surface area contributed by atoms with Crippen LogP contribution in [0.15, 0.2) is 239 Å². The minimum absolute atomic E-state index is 0.516. The zero-order chi connectivity index (χ0) is 42.1. The first-order valence-corrected chi connectivity index (χ1v) is 21.2. The first kappa shape index (κ1) is 37.6. The molecule has 2 heterocycles. The molecule has 298 valence electrons. The van der Waals surface area contributed by atoms with Crippen LogP contribution < -0.4 is 0 Å². The maximum absolute atomic E-state index is 4.95. The average Bonchev–Trinajstić information content (AvgIpc) is 3.87. The van der Waals surface area contributed by atoms with E-state index in [4.69, 9.17) is 9.98 Å². The van der Waals surface area contributed by atoms with Gasteiger partial charge in [0.25, 0.3) is 0 Å². The van der Waals surface area contributed by atoms with Gasteiger partial charge in [-0.1, -0.05) is 170 Å². The Morgan fingerprint density at radius 1 is 0.365 bits per heavy atom. The highest BCUT2D eigenvalue weighted by molar-refractivity contribution is 6.14. The lowest BCUT2D eigenvalue weighted by atomic mass is 10.0. The maximum Gasteiger partial charge on any atom is 0.161 e. The first-order valence-electron chi connectivity index (χ1n) is 21.2. The van der Waals surface area contributed by atoms with Crippen molar-refractivity contribution in [3.05, 3.63) is 241 Å². The second kappa shape index (κ2) is 16.2. The molecule has 0 fully saturated rings. The zero-order valence-corrected chi connectivity index (χ0v) is 34.5. The van der Waals surface area contributed by atoms with Crippen molar-refractivity contribution in [3.8, 4) is 33.6 Å². The molecule has 0 spiro atoms. The minimum atomic E-state index is 0.516. The normalized spacial score (nSPS) is 12.1. The van der Waals surface area contributed by atoms with Gasteiger partial charge in [0.15, 0.2) is 11.7 Å². The van der Waals surface area contributed by atoms with Gasteiger partial charge in [0, 0.05) is 44.0 Å². The molecule has 5 nitrogen and oxygen atoms in total. The van der Waals surface area contributed by atoms with Gasteiger partial charge in [-0.2, -0.15) is 0 Å². The summed E-state index contributed by atoms with van der Waals surface area (Å²) in [6.07, 6.45) is 0. The Hall–Kier alpha value is -8.41. The third-order valence-electron chi connectivity index (χ3n) is 11.9. The van der Waals surface area contributed by atoms with Crippen LogP contribution in [0.2, 0.25) is 0 Å². The van der Waals surface area contributed by atoms with Crippen molar-refractivity contribution in [1.29, 1.82) is 0 Å². The number of amidine groups is 2. The molecule has 0 aliphatic carbocycles. The highest BCUT2D eigenvalue weighted by atomic mass is 15.0. The Morgan fingerprint density at radius 2 is 0.841 bits per heavy atom. The van der Waals surface area contributed by atoms with Gasteiger partial charge in [-0.3, -0.25) is 4.99 Å². The van der Waals surface area contributed by atoms with E-state index in [1.807, 2.05) is 48.5 Å². The van der Waals surface area contributed by atoms with E-state index >= 15 is 0 Å². The fourth-order valence-electron chi connectivity index (χ4n) is 8.87. The third-order valence-corrected chi connectivity index (χ3v) is 11.9. The van der Waals surface area contributed by atoms with Crippen LogP contribution in [0.5, 0.6) is 0 Å². The van der Waals surface area contributed by atoms with Gasteiger partial charge in [0.2, 0.25) is 0 Å². The molecule has 2 aromatic heterocycles. The van der Waals surface area contributed by atoms with E-state index in [2.05, 4.69) is 197 Å². The molecule has 0 saturated heterocycles. The third kappa shape index (κ3) is 7.02. The Labute approximate surface area is 365 Å². The topological polar surface area (TPSA) is 46.9 Å². The summed E-state index contributed by atoms with van der Waals surface area (Å²) in [7, 11) is 0. The number of para-hydroxylation sites is 3. The average molecular weight is 808 g/mol. The largest absolute Gasteiger partial charge is 0.309 e. The van der Waals surface area contributed by atoms with Crippen LogP contribution in [0, 0.1) is 0 Å². The maximum atomic E-state index is 4.95. The number of aromatic nitrogens is 2. The standard InChI is InChI=1S/C58H41N5/c1-59-57(61-58(43-17-7-3-8-18-43)60-39-40-15-5-2-6-16-40)44-27-25-41(26-28-44)45-32-36-55-52(37-45)50-22-12-14-24-54(50)62(55)48-33-29-42(30-34-48)46-31-35-51-49-21-11-13-23-53(49)63(56(51)38-46)47-19-9-4-10-20-47/h2-38H,1,39H2/b60-58-,61-57-. The van der Waals surface area contributed by atoms with Crippen LogP contribution in [-0.4, -0.2) is 27.5 Å². The van der Waals surface area contributed by atoms with Gasteiger partial charge in [-0.05, 0) is 89.1 Å². The lowest BCUT2D eigenvalue weighted by Gasteiger charge is -2.11. The minimum Gasteiger partial charge on any atom is -0.309 e. The summed E-state index contributed by atoms with van der Waals surface area (Å²) >= 11 is 0. The van der Waals surface area contributed by atoms with Gasteiger partial charge in [-0.25, -0.2) is 9.98 Å². The number of aliphatic imine (C=N–C) groups is 3. The first-order chi connectivity index (χ1) is 31.2. The van der Waals surface area contributed by atoms with Crippen molar-refractivity contribution in [3.63, 3.8) is 0 Å². The van der Waals surface area contributed by atoms with Crippen molar-refractivity contribution in [2.24, 2.45) is 15.0 Å². The summed E-state index contributed by atoms with van der Waals surface area (Å²) < 4.78 is 4.75. The van der Waals surface area contributed by atoms with Gasteiger partial charge in [-0.15, -0.1) is 0 Å². The quantitative estimate of drug-likeness (QED) is 0.108. The summed E-state index contributed by atoms with van der Waals surface area (Å²) in [5, 5.41) is 4.92. The lowest BCUT2D eigenvalue weighted by Crippen LogP contribution is -2.05. The molecule has 11 aromatic rings. The fraction of sp³-hybridized carbons (Fsp3) is 0.0172. The molecule has 0 atom stereocenters. The molecule has 0 N–H and O–H groups in total. The number of nitrogens with zero attached hydrogens (tertiary/aromatic N) is 5. The number of hydrogen-bond acceptors (Lipinski definition) is 1.